The Kier molecular flexibility index (Phi) is 5.07. The highest BCUT2D eigenvalue weighted by atomic mass is 19.1. The average molecular weight is 239 g/mol. The fraction of sp³-hybridized carbons (Fsp3) is 0.538. The lowest BCUT2D eigenvalue weighted by Crippen LogP contribution is -2.00. The second kappa shape index (κ2) is 6.33. The first-order chi connectivity index (χ1) is 8.08. The second-order valence-electron chi connectivity index (χ2n) is 4.35. The van der Waals surface area contributed by atoms with Crippen LogP contribution >= 0.6 is 0 Å². The molecule has 0 spiro atoms. The summed E-state index contributed by atoms with van der Waals surface area (Å²) in [4.78, 5) is 10.4. The Morgan fingerprint density at radius 1 is 1.41 bits per heavy atom. The zero-order valence-electron chi connectivity index (χ0n) is 10.3. The Hall–Kier alpha value is -1.45. The van der Waals surface area contributed by atoms with Gasteiger partial charge in [0.2, 0.25) is 0 Å². The number of hydrogen-bond acceptors (Lipinski definition) is 2. The van der Waals surface area contributed by atoms with Gasteiger partial charge in [-0.25, -0.2) is 0 Å². The van der Waals surface area contributed by atoms with Crippen molar-refractivity contribution >= 4 is 5.69 Å². The SMILES string of the molecule is CCCCc1cc(C(C)CF)cc([N+](=O)[O-])c1. The molecule has 0 saturated carbocycles. The molecule has 4 heteroatoms. The maximum absolute atomic E-state index is 12.6. The van der Waals surface area contributed by atoms with E-state index in [-0.39, 0.29) is 11.6 Å². The van der Waals surface area contributed by atoms with Crippen LogP contribution in [0.4, 0.5) is 10.1 Å². The van der Waals surface area contributed by atoms with Gasteiger partial charge < -0.3 is 0 Å². The predicted molar refractivity (Wildman–Crippen MR) is 66.1 cm³/mol. The molecule has 0 aliphatic heterocycles. The molecule has 0 fully saturated rings. The van der Waals surface area contributed by atoms with Crippen LogP contribution in [0.15, 0.2) is 18.2 Å². The van der Waals surface area contributed by atoms with Crippen molar-refractivity contribution in [1.82, 2.24) is 0 Å². The lowest BCUT2D eigenvalue weighted by Gasteiger charge is -2.09. The summed E-state index contributed by atoms with van der Waals surface area (Å²) in [5, 5.41) is 10.8. The second-order valence-corrected chi connectivity index (χ2v) is 4.35. The molecule has 0 aromatic heterocycles. The summed E-state index contributed by atoms with van der Waals surface area (Å²) in [6.45, 7) is 3.32. The lowest BCUT2D eigenvalue weighted by atomic mass is 9.97. The van der Waals surface area contributed by atoms with E-state index in [0.29, 0.717) is 5.56 Å². The van der Waals surface area contributed by atoms with Crippen molar-refractivity contribution < 1.29 is 9.31 Å². The van der Waals surface area contributed by atoms with Crippen LogP contribution in [0.25, 0.3) is 0 Å². The van der Waals surface area contributed by atoms with Crippen LogP contribution < -0.4 is 0 Å². The summed E-state index contributed by atoms with van der Waals surface area (Å²) in [6, 6.07) is 4.94. The van der Waals surface area contributed by atoms with E-state index in [9.17, 15) is 14.5 Å². The van der Waals surface area contributed by atoms with E-state index in [1.807, 2.05) is 6.07 Å². The minimum atomic E-state index is -0.492. The molecule has 0 saturated heterocycles. The molecule has 0 amide bonds. The van der Waals surface area contributed by atoms with Gasteiger partial charge in [-0.3, -0.25) is 14.5 Å². The maximum Gasteiger partial charge on any atom is 0.269 e. The van der Waals surface area contributed by atoms with Gasteiger partial charge in [-0.1, -0.05) is 26.3 Å². The first-order valence-corrected chi connectivity index (χ1v) is 5.92. The molecule has 0 aliphatic rings. The normalized spacial score (nSPS) is 12.4. The van der Waals surface area contributed by atoms with Gasteiger partial charge in [0.25, 0.3) is 5.69 Å². The van der Waals surface area contributed by atoms with Crippen LogP contribution in [0, 0.1) is 10.1 Å². The van der Waals surface area contributed by atoms with Crippen LogP contribution in [0.3, 0.4) is 0 Å². The molecule has 0 bridgehead atoms. The number of nitro groups is 1. The summed E-state index contributed by atoms with van der Waals surface area (Å²) in [5.74, 6) is -0.282. The first kappa shape index (κ1) is 13.6. The molecular weight excluding hydrogens is 221 g/mol. The van der Waals surface area contributed by atoms with Gasteiger partial charge in [-0.2, -0.15) is 0 Å². The molecule has 1 unspecified atom stereocenters. The number of benzene rings is 1. The zero-order chi connectivity index (χ0) is 12.8. The number of halogens is 1. The van der Waals surface area contributed by atoms with Crippen LogP contribution in [-0.4, -0.2) is 11.6 Å². The van der Waals surface area contributed by atoms with Crippen LogP contribution in [-0.2, 0) is 6.42 Å². The van der Waals surface area contributed by atoms with Gasteiger partial charge in [-0.05, 0) is 24.0 Å². The third kappa shape index (κ3) is 3.80. The van der Waals surface area contributed by atoms with E-state index in [1.165, 1.54) is 6.07 Å². The fourth-order valence-corrected chi connectivity index (χ4v) is 1.70. The van der Waals surface area contributed by atoms with Gasteiger partial charge in [0.1, 0.15) is 0 Å². The smallest absolute Gasteiger partial charge is 0.258 e. The quantitative estimate of drug-likeness (QED) is 0.556. The summed E-state index contributed by atoms with van der Waals surface area (Å²) < 4.78 is 12.6. The minimum Gasteiger partial charge on any atom is -0.258 e. The molecule has 0 radical (unpaired) electrons. The van der Waals surface area contributed by atoms with Crippen LogP contribution in [0.2, 0.25) is 0 Å². The van der Waals surface area contributed by atoms with Gasteiger partial charge >= 0.3 is 0 Å². The number of unbranched alkanes of at least 4 members (excludes halogenated alkanes) is 1. The van der Waals surface area contributed by atoms with E-state index in [1.54, 1.807) is 13.0 Å². The highest BCUT2D eigenvalue weighted by Crippen LogP contribution is 2.24. The molecule has 17 heavy (non-hydrogen) atoms. The third-order valence-electron chi connectivity index (χ3n) is 2.83. The van der Waals surface area contributed by atoms with Crippen molar-refractivity contribution in [1.29, 1.82) is 0 Å². The highest BCUT2D eigenvalue weighted by molar-refractivity contribution is 5.40. The van der Waals surface area contributed by atoms with Crippen LogP contribution in [0.5, 0.6) is 0 Å². The number of hydrogen-bond donors (Lipinski definition) is 0. The predicted octanol–water partition coefficient (Wildman–Crippen LogP) is 4.01. The summed E-state index contributed by atoms with van der Waals surface area (Å²) in [7, 11) is 0. The van der Waals surface area contributed by atoms with Gasteiger partial charge in [0, 0.05) is 18.1 Å². The van der Waals surface area contributed by atoms with Crippen molar-refractivity contribution in [2.24, 2.45) is 0 Å². The molecule has 1 atom stereocenters. The first-order valence-electron chi connectivity index (χ1n) is 5.92. The van der Waals surface area contributed by atoms with E-state index >= 15 is 0 Å². The number of nitrogens with zero attached hydrogens (tertiary/aromatic N) is 1. The molecule has 0 aliphatic carbocycles. The monoisotopic (exact) mass is 239 g/mol. The van der Waals surface area contributed by atoms with Crippen LogP contribution in [0.1, 0.15) is 43.7 Å². The van der Waals surface area contributed by atoms with Crippen molar-refractivity contribution in [2.45, 2.75) is 39.0 Å². The molecular formula is C13H18FNO2. The third-order valence-corrected chi connectivity index (χ3v) is 2.83. The number of non-ortho nitro benzene ring substituents is 1. The number of rotatable bonds is 6. The van der Waals surface area contributed by atoms with E-state index in [0.717, 1.165) is 24.8 Å². The number of alkyl halides is 1. The molecule has 0 heterocycles. The topological polar surface area (TPSA) is 43.1 Å². The van der Waals surface area contributed by atoms with Crippen molar-refractivity contribution in [3.63, 3.8) is 0 Å². The molecule has 1 aromatic rings. The fourth-order valence-electron chi connectivity index (χ4n) is 1.70. The Morgan fingerprint density at radius 3 is 2.65 bits per heavy atom. The van der Waals surface area contributed by atoms with E-state index in [4.69, 9.17) is 0 Å². The average Bonchev–Trinajstić information content (AvgIpc) is 2.34. The number of nitro benzene ring substituents is 1. The summed E-state index contributed by atoms with van der Waals surface area (Å²) in [6.07, 6.45) is 2.84. The van der Waals surface area contributed by atoms with Gasteiger partial charge in [-0.15, -0.1) is 0 Å². The molecule has 3 nitrogen and oxygen atoms in total. The van der Waals surface area contributed by atoms with Crippen molar-refractivity contribution in [2.75, 3.05) is 6.67 Å². The van der Waals surface area contributed by atoms with Gasteiger partial charge in [0.05, 0.1) is 11.6 Å². The summed E-state index contributed by atoms with van der Waals surface area (Å²) in [5.41, 5.74) is 1.71. The Balaban J connectivity index is 3.05. The Morgan fingerprint density at radius 2 is 2.12 bits per heavy atom. The zero-order valence-corrected chi connectivity index (χ0v) is 10.3. The molecule has 1 aromatic carbocycles. The van der Waals surface area contributed by atoms with Gasteiger partial charge in [0.15, 0.2) is 0 Å². The Labute approximate surface area is 101 Å². The van der Waals surface area contributed by atoms with E-state index in [2.05, 4.69) is 6.92 Å². The Bertz CT molecular complexity index is 393. The highest BCUT2D eigenvalue weighted by Gasteiger charge is 2.13. The molecule has 0 N–H and O–H groups in total. The number of aryl methyl sites for hydroxylation is 1. The largest absolute Gasteiger partial charge is 0.269 e. The molecule has 1 rings (SSSR count). The van der Waals surface area contributed by atoms with Crippen molar-refractivity contribution in [3.8, 4) is 0 Å². The van der Waals surface area contributed by atoms with E-state index < -0.39 is 11.6 Å². The standard InChI is InChI=1S/C13H18FNO2/c1-3-4-5-11-6-12(10(2)9-14)8-13(7-11)15(16)17/h6-8,10H,3-5,9H2,1-2H3. The lowest BCUT2D eigenvalue weighted by molar-refractivity contribution is -0.385. The summed E-state index contributed by atoms with van der Waals surface area (Å²) >= 11 is 0. The maximum atomic E-state index is 12.6. The minimum absolute atomic E-state index is 0.0638. The van der Waals surface area contributed by atoms with Crippen molar-refractivity contribution in [3.05, 3.63) is 39.4 Å². The molecule has 94 valence electrons.